The molecule has 0 spiro atoms. The summed E-state index contributed by atoms with van der Waals surface area (Å²) in [6, 6.07) is 0.214. The van der Waals surface area contributed by atoms with Gasteiger partial charge < -0.3 is 14.9 Å². The summed E-state index contributed by atoms with van der Waals surface area (Å²) in [6.45, 7) is 5.84. The summed E-state index contributed by atoms with van der Waals surface area (Å²) in [7, 11) is 0. The minimum Gasteiger partial charge on any atom is -0.481 e. The van der Waals surface area contributed by atoms with Crippen LogP contribution in [0.25, 0.3) is 0 Å². The van der Waals surface area contributed by atoms with Gasteiger partial charge in [-0.1, -0.05) is 0 Å². The summed E-state index contributed by atoms with van der Waals surface area (Å²) in [4.78, 5) is 27.4. The lowest BCUT2D eigenvalue weighted by molar-refractivity contribution is -0.137. The molecule has 5 nitrogen and oxygen atoms in total. The third-order valence-electron chi connectivity index (χ3n) is 4.70. The molecule has 0 radical (unpaired) electrons. The van der Waals surface area contributed by atoms with Gasteiger partial charge in [0.25, 0.3) is 0 Å². The van der Waals surface area contributed by atoms with Crippen LogP contribution in [0.2, 0.25) is 0 Å². The molecule has 2 rings (SSSR count). The van der Waals surface area contributed by atoms with Crippen LogP contribution in [0, 0.1) is 0 Å². The van der Waals surface area contributed by atoms with Gasteiger partial charge in [-0.2, -0.15) is 0 Å². The second-order valence-corrected chi connectivity index (χ2v) is 6.63. The fourth-order valence-corrected chi connectivity index (χ4v) is 3.46. The maximum atomic E-state index is 12.8. The molecule has 0 bridgehead atoms. The Labute approximate surface area is 120 Å². The Hall–Kier alpha value is -1.26. The third-order valence-corrected chi connectivity index (χ3v) is 4.70. The molecule has 1 N–H and O–H groups in total. The molecule has 2 saturated heterocycles. The highest BCUT2D eigenvalue weighted by Crippen LogP contribution is 2.31. The highest BCUT2D eigenvalue weighted by molar-refractivity contribution is 5.76. The number of piperidine rings is 1. The molecule has 114 valence electrons. The van der Waals surface area contributed by atoms with Crippen LogP contribution in [0.4, 0.5) is 4.79 Å². The highest BCUT2D eigenvalue weighted by Gasteiger charge is 2.39. The number of carbonyl (C=O) groups is 2. The molecule has 2 fully saturated rings. The van der Waals surface area contributed by atoms with Crippen molar-refractivity contribution in [2.75, 3.05) is 13.1 Å². The van der Waals surface area contributed by atoms with E-state index in [9.17, 15) is 9.59 Å². The van der Waals surface area contributed by atoms with Crippen LogP contribution >= 0.6 is 0 Å². The number of urea groups is 1. The zero-order valence-electron chi connectivity index (χ0n) is 12.6. The molecule has 0 aromatic heterocycles. The predicted octanol–water partition coefficient (Wildman–Crippen LogP) is 2.70. The van der Waals surface area contributed by atoms with E-state index in [0.717, 1.165) is 45.2 Å². The lowest BCUT2D eigenvalue weighted by Crippen LogP contribution is -2.54. The zero-order chi connectivity index (χ0) is 14.8. The van der Waals surface area contributed by atoms with Crippen LogP contribution in [-0.4, -0.2) is 51.6 Å². The number of hydrogen-bond acceptors (Lipinski definition) is 2. The molecular weight excluding hydrogens is 256 g/mol. The van der Waals surface area contributed by atoms with Crippen LogP contribution in [0.5, 0.6) is 0 Å². The Balaban J connectivity index is 2.03. The molecule has 20 heavy (non-hydrogen) atoms. The summed E-state index contributed by atoms with van der Waals surface area (Å²) in [5.74, 6) is -0.774. The number of amides is 2. The molecule has 0 saturated carbocycles. The van der Waals surface area contributed by atoms with Crippen molar-refractivity contribution >= 4 is 12.0 Å². The van der Waals surface area contributed by atoms with Gasteiger partial charge in [-0.25, -0.2) is 4.79 Å². The molecule has 0 aliphatic carbocycles. The third kappa shape index (κ3) is 3.25. The maximum Gasteiger partial charge on any atom is 0.320 e. The first-order valence-corrected chi connectivity index (χ1v) is 7.72. The minimum atomic E-state index is -0.774. The Morgan fingerprint density at radius 2 is 1.95 bits per heavy atom. The number of carboxylic acid groups (broad SMARTS) is 1. The van der Waals surface area contributed by atoms with Gasteiger partial charge in [0.1, 0.15) is 0 Å². The van der Waals surface area contributed by atoms with E-state index in [0.29, 0.717) is 6.42 Å². The standard InChI is InChI=1S/C15H26N2O3/c1-15(2)9-5-11-17(15)14(20)16-10-4-3-6-12(16)7-8-13(18)19/h12H,3-11H2,1-2H3,(H,18,19). The van der Waals surface area contributed by atoms with Crippen LogP contribution in [0.1, 0.15) is 58.8 Å². The van der Waals surface area contributed by atoms with E-state index in [4.69, 9.17) is 5.11 Å². The number of aliphatic carboxylic acids is 1. The van der Waals surface area contributed by atoms with Gasteiger partial charge in [0.15, 0.2) is 0 Å². The molecule has 1 atom stereocenters. The largest absolute Gasteiger partial charge is 0.481 e. The Morgan fingerprint density at radius 1 is 1.20 bits per heavy atom. The molecule has 2 aliphatic rings. The second-order valence-electron chi connectivity index (χ2n) is 6.63. The quantitative estimate of drug-likeness (QED) is 0.865. The molecule has 0 aromatic carbocycles. The van der Waals surface area contributed by atoms with Gasteiger partial charge in [-0.3, -0.25) is 4.79 Å². The lowest BCUT2D eigenvalue weighted by atomic mass is 9.97. The van der Waals surface area contributed by atoms with E-state index in [1.807, 2.05) is 9.80 Å². The summed E-state index contributed by atoms with van der Waals surface area (Å²) in [5.41, 5.74) is -0.0636. The van der Waals surface area contributed by atoms with E-state index in [1.54, 1.807) is 0 Å². The van der Waals surface area contributed by atoms with Gasteiger partial charge >= 0.3 is 12.0 Å². The first-order chi connectivity index (χ1) is 9.42. The number of nitrogens with zero attached hydrogens (tertiary/aromatic N) is 2. The molecule has 2 amide bonds. The SMILES string of the molecule is CC1(C)CCCN1C(=O)N1CCCCC1CCC(=O)O. The van der Waals surface area contributed by atoms with Gasteiger partial charge in [0, 0.05) is 31.1 Å². The Morgan fingerprint density at radius 3 is 2.55 bits per heavy atom. The van der Waals surface area contributed by atoms with E-state index < -0.39 is 5.97 Å². The highest BCUT2D eigenvalue weighted by atomic mass is 16.4. The van der Waals surface area contributed by atoms with Gasteiger partial charge in [-0.05, 0) is 52.4 Å². The smallest absolute Gasteiger partial charge is 0.320 e. The van der Waals surface area contributed by atoms with E-state index in [-0.39, 0.29) is 24.0 Å². The van der Waals surface area contributed by atoms with Crippen LogP contribution in [0.15, 0.2) is 0 Å². The van der Waals surface area contributed by atoms with Gasteiger partial charge in [0.05, 0.1) is 0 Å². The normalized spacial score (nSPS) is 25.8. The van der Waals surface area contributed by atoms with Crippen molar-refractivity contribution in [3.05, 3.63) is 0 Å². The fourth-order valence-electron chi connectivity index (χ4n) is 3.46. The number of likely N-dealkylation sites (tertiary alicyclic amines) is 2. The Kier molecular flexibility index (Phi) is 4.55. The van der Waals surface area contributed by atoms with Crippen molar-refractivity contribution < 1.29 is 14.7 Å². The van der Waals surface area contributed by atoms with Crippen molar-refractivity contribution in [1.82, 2.24) is 9.80 Å². The van der Waals surface area contributed by atoms with Crippen molar-refractivity contribution in [2.45, 2.75) is 70.4 Å². The average molecular weight is 282 g/mol. The van der Waals surface area contributed by atoms with Crippen molar-refractivity contribution in [3.63, 3.8) is 0 Å². The molecule has 1 unspecified atom stereocenters. The lowest BCUT2D eigenvalue weighted by Gasteiger charge is -2.42. The topological polar surface area (TPSA) is 60.9 Å². The average Bonchev–Trinajstić information content (AvgIpc) is 2.75. The van der Waals surface area contributed by atoms with E-state index >= 15 is 0 Å². The number of carboxylic acids is 1. The van der Waals surface area contributed by atoms with Crippen molar-refractivity contribution in [3.8, 4) is 0 Å². The number of rotatable bonds is 3. The summed E-state index contributed by atoms with van der Waals surface area (Å²) in [5, 5.41) is 8.85. The zero-order valence-corrected chi connectivity index (χ0v) is 12.6. The van der Waals surface area contributed by atoms with Crippen LogP contribution in [0.3, 0.4) is 0 Å². The number of carbonyl (C=O) groups excluding carboxylic acids is 1. The molecule has 2 aliphatic heterocycles. The van der Waals surface area contributed by atoms with Crippen LogP contribution in [-0.2, 0) is 4.79 Å². The summed E-state index contributed by atoms with van der Waals surface area (Å²) >= 11 is 0. The van der Waals surface area contributed by atoms with Gasteiger partial charge in [0.2, 0.25) is 0 Å². The summed E-state index contributed by atoms with van der Waals surface area (Å²) in [6.07, 6.45) is 5.90. The van der Waals surface area contributed by atoms with E-state index in [2.05, 4.69) is 13.8 Å². The maximum absolute atomic E-state index is 12.8. The predicted molar refractivity (Wildman–Crippen MR) is 76.6 cm³/mol. The second kappa shape index (κ2) is 6.02. The molecule has 2 heterocycles. The fraction of sp³-hybridized carbons (Fsp3) is 0.867. The van der Waals surface area contributed by atoms with Crippen molar-refractivity contribution in [1.29, 1.82) is 0 Å². The van der Waals surface area contributed by atoms with E-state index in [1.165, 1.54) is 0 Å². The van der Waals surface area contributed by atoms with Crippen molar-refractivity contribution in [2.24, 2.45) is 0 Å². The Bertz CT molecular complexity index is 381. The van der Waals surface area contributed by atoms with Crippen LogP contribution < -0.4 is 0 Å². The minimum absolute atomic E-state index is 0.0636. The molecule has 5 heteroatoms. The first-order valence-electron chi connectivity index (χ1n) is 7.72. The molecular formula is C15H26N2O3. The van der Waals surface area contributed by atoms with Gasteiger partial charge in [-0.15, -0.1) is 0 Å². The monoisotopic (exact) mass is 282 g/mol. The molecule has 0 aromatic rings. The first kappa shape index (κ1) is 15.1. The summed E-state index contributed by atoms with van der Waals surface area (Å²) < 4.78 is 0. The number of hydrogen-bond donors (Lipinski definition) is 1.